The molecule has 1 aromatic rings. The molecule has 0 aliphatic rings. The minimum Gasteiger partial charge on any atom is -0.445 e. The molecule has 0 saturated carbocycles. The SMILES string of the molecule is C/C=C\C.C=CC.COCC(CCCCO)N(CCC(C)C)C(=O)OCc1ccccc1. The number of carbonyl (C=O) groups is 1. The molecule has 184 valence electrons. The van der Waals surface area contributed by atoms with Gasteiger partial charge in [0.1, 0.15) is 6.61 Å². The lowest BCUT2D eigenvalue weighted by Crippen LogP contribution is -2.44. The van der Waals surface area contributed by atoms with Crippen LogP contribution in [0.25, 0.3) is 0 Å². The highest BCUT2D eigenvalue weighted by atomic mass is 16.6. The van der Waals surface area contributed by atoms with Crippen LogP contribution in [0.15, 0.2) is 55.1 Å². The number of carbonyl (C=O) groups excluding carboxylic acids is 1. The van der Waals surface area contributed by atoms with Crippen molar-refractivity contribution in [1.82, 2.24) is 4.90 Å². The summed E-state index contributed by atoms with van der Waals surface area (Å²) < 4.78 is 10.9. The van der Waals surface area contributed by atoms with Crippen LogP contribution >= 0.6 is 0 Å². The van der Waals surface area contributed by atoms with Gasteiger partial charge >= 0.3 is 6.09 Å². The van der Waals surface area contributed by atoms with Gasteiger partial charge < -0.3 is 19.5 Å². The van der Waals surface area contributed by atoms with E-state index in [-0.39, 0.29) is 25.3 Å². The van der Waals surface area contributed by atoms with E-state index >= 15 is 0 Å². The van der Waals surface area contributed by atoms with Crippen molar-refractivity contribution in [1.29, 1.82) is 0 Å². The highest BCUT2D eigenvalue weighted by molar-refractivity contribution is 5.68. The Kier molecular flexibility index (Phi) is 23.6. The maximum atomic E-state index is 12.7. The average molecular weight is 450 g/mol. The normalized spacial score (nSPS) is 11.1. The van der Waals surface area contributed by atoms with Crippen LogP contribution in [0.2, 0.25) is 0 Å². The van der Waals surface area contributed by atoms with E-state index in [1.165, 1.54) is 0 Å². The van der Waals surface area contributed by atoms with Gasteiger partial charge in [-0.05, 0) is 57.9 Å². The quantitative estimate of drug-likeness (QED) is 0.288. The second-order valence-corrected chi connectivity index (χ2v) is 7.82. The number of allylic oxidation sites excluding steroid dienone is 3. The van der Waals surface area contributed by atoms with E-state index in [2.05, 4.69) is 20.4 Å². The number of aliphatic hydroxyl groups is 1. The van der Waals surface area contributed by atoms with Crippen molar-refractivity contribution in [3.63, 3.8) is 0 Å². The molecule has 1 unspecified atom stereocenters. The molecule has 0 aliphatic heterocycles. The summed E-state index contributed by atoms with van der Waals surface area (Å²) in [7, 11) is 1.65. The molecule has 1 atom stereocenters. The predicted molar refractivity (Wildman–Crippen MR) is 136 cm³/mol. The number of aliphatic hydroxyl groups excluding tert-OH is 1. The van der Waals surface area contributed by atoms with Crippen LogP contribution in [0.1, 0.15) is 65.9 Å². The fraction of sp³-hybridized carbons (Fsp3) is 0.593. The Hall–Kier alpha value is -2.11. The molecule has 5 heteroatoms. The molecule has 1 N–H and O–H groups in total. The largest absolute Gasteiger partial charge is 0.445 e. The molecule has 0 fully saturated rings. The van der Waals surface area contributed by atoms with E-state index in [1.807, 2.05) is 63.3 Å². The predicted octanol–water partition coefficient (Wildman–Crippen LogP) is 6.62. The minimum atomic E-state index is -0.296. The lowest BCUT2D eigenvalue weighted by atomic mass is 10.1. The van der Waals surface area contributed by atoms with Crippen molar-refractivity contribution in [2.75, 3.05) is 26.9 Å². The number of benzene rings is 1. The molecule has 0 heterocycles. The topological polar surface area (TPSA) is 59.0 Å². The average Bonchev–Trinajstić information content (AvgIpc) is 2.79. The third-order valence-electron chi connectivity index (χ3n) is 4.47. The standard InChI is InChI=1S/C20H33NO4.C4H8.C3H6/c1-17(2)12-13-21(19(16-24-3)11-7-8-14-22)20(23)25-15-18-9-5-4-6-10-18;1-3-4-2;1-3-2/h4-6,9-10,17,19,22H,7-8,11-16H2,1-3H3;3-4H,1-2H3;3H,1H2,2H3/b;4-3-;. The molecule has 0 aliphatic carbocycles. The number of nitrogens with zero attached hydrogens (tertiary/aromatic N) is 1. The van der Waals surface area contributed by atoms with E-state index in [1.54, 1.807) is 18.1 Å². The summed E-state index contributed by atoms with van der Waals surface area (Å²) in [6, 6.07) is 9.67. The maximum absolute atomic E-state index is 12.7. The van der Waals surface area contributed by atoms with E-state index in [4.69, 9.17) is 14.6 Å². The van der Waals surface area contributed by atoms with Crippen molar-refractivity contribution in [3.05, 3.63) is 60.7 Å². The van der Waals surface area contributed by atoms with Crippen LogP contribution in [-0.2, 0) is 16.1 Å². The summed E-state index contributed by atoms with van der Waals surface area (Å²) >= 11 is 0. The van der Waals surface area contributed by atoms with Crippen LogP contribution in [0.4, 0.5) is 4.79 Å². The summed E-state index contributed by atoms with van der Waals surface area (Å²) in [6.45, 7) is 15.1. The lowest BCUT2D eigenvalue weighted by Gasteiger charge is -2.31. The zero-order chi connectivity index (χ0) is 24.6. The zero-order valence-electron chi connectivity index (χ0n) is 21.3. The Labute approximate surface area is 197 Å². The summed E-state index contributed by atoms with van der Waals surface area (Å²) in [6.07, 6.45) is 8.76. The first kappa shape index (κ1) is 32.1. The van der Waals surface area contributed by atoms with Gasteiger partial charge in [-0.15, -0.1) is 6.58 Å². The Morgan fingerprint density at radius 2 is 1.69 bits per heavy atom. The molecule has 0 spiro atoms. The van der Waals surface area contributed by atoms with Crippen LogP contribution in [-0.4, -0.2) is 49.0 Å². The molecule has 0 aromatic heterocycles. The maximum Gasteiger partial charge on any atom is 0.410 e. The first-order chi connectivity index (χ1) is 15.4. The molecule has 1 rings (SSSR count). The van der Waals surface area contributed by atoms with Gasteiger partial charge in [0.25, 0.3) is 0 Å². The number of methoxy groups -OCH3 is 1. The van der Waals surface area contributed by atoms with Crippen molar-refractivity contribution in [2.45, 2.75) is 73.0 Å². The molecule has 1 aromatic carbocycles. The third-order valence-corrected chi connectivity index (χ3v) is 4.47. The highest BCUT2D eigenvalue weighted by Crippen LogP contribution is 2.15. The third kappa shape index (κ3) is 18.6. The summed E-state index contributed by atoms with van der Waals surface area (Å²) in [5.41, 5.74) is 0.975. The van der Waals surface area contributed by atoms with Crippen molar-refractivity contribution < 1.29 is 19.4 Å². The fourth-order valence-electron chi connectivity index (χ4n) is 2.64. The van der Waals surface area contributed by atoms with Crippen LogP contribution in [0.5, 0.6) is 0 Å². The molecular weight excluding hydrogens is 402 g/mol. The van der Waals surface area contributed by atoms with Gasteiger partial charge in [0.2, 0.25) is 0 Å². The summed E-state index contributed by atoms with van der Waals surface area (Å²) in [5, 5.41) is 9.01. The van der Waals surface area contributed by atoms with E-state index in [0.29, 0.717) is 19.1 Å². The molecule has 5 nitrogen and oxygen atoms in total. The van der Waals surface area contributed by atoms with Crippen LogP contribution in [0.3, 0.4) is 0 Å². The van der Waals surface area contributed by atoms with Crippen molar-refractivity contribution in [3.8, 4) is 0 Å². The number of unbranched alkanes of at least 4 members (excludes halogenated alkanes) is 1. The Morgan fingerprint density at radius 1 is 1.09 bits per heavy atom. The van der Waals surface area contributed by atoms with Gasteiger partial charge in [-0.2, -0.15) is 0 Å². The molecule has 0 radical (unpaired) electrons. The second kappa shape index (κ2) is 23.6. The molecule has 0 saturated heterocycles. The van der Waals surface area contributed by atoms with Crippen LogP contribution < -0.4 is 0 Å². The Morgan fingerprint density at radius 3 is 2.16 bits per heavy atom. The van der Waals surface area contributed by atoms with Crippen molar-refractivity contribution >= 4 is 6.09 Å². The Balaban J connectivity index is 0. The number of hydrogen-bond acceptors (Lipinski definition) is 4. The monoisotopic (exact) mass is 449 g/mol. The summed E-state index contributed by atoms with van der Waals surface area (Å²) in [4.78, 5) is 14.5. The lowest BCUT2D eigenvalue weighted by molar-refractivity contribution is 0.0483. The van der Waals surface area contributed by atoms with Gasteiger partial charge in [-0.25, -0.2) is 4.79 Å². The van der Waals surface area contributed by atoms with Gasteiger partial charge in [0, 0.05) is 20.3 Å². The number of amides is 1. The molecular formula is C27H47NO4. The Bertz CT molecular complexity index is 568. The number of hydrogen-bond donors (Lipinski definition) is 1. The van der Waals surface area contributed by atoms with Crippen molar-refractivity contribution in [2.24, 2.45) is 5.92 Å². The van der Waals surface area contributed by atoms with Gasteiger partial charge in [-0.1, -0.05) is 62.4 Å². The van der Waals surface area contributed by atoms with Gasteiger partial charge in [0.15, 0.2) is 0 Å². The molecule has 32 heavy (non-hydrogen) atoms. The number of ether oxygens (including phenoxy) is 2. The summed E-state index contributed by atoms with van der Waals surface area (Å²) in [5.74, 6) is 0.505. The highest BCUT2D eigenvalue weighted by Gasteiger charge is 2.25. The smallest absolute Gasteiger partial charge is 0.410 e. The van der Waals surface area contributed by atoms with E-state index < -0.39 is 0 Å². The minimum absolute atomic E-state index is 0.0291. The first-order valence-corrected chi connectivity index (χ1v) is 11.6. The fourth-order valence-corrected chi connectivity index (χ4v) is 2.64. The molecule has 0 bridgehead atoms. The first-order valence-electron chi connectivity index (χ1n) is 11.6. The van der Waals surface area contributed by atoms with E-state index in [9.17, 15) is 4.79 Å². The van der Waals surface area contributed by atoms with Gasteiger partial charge in [-0.3, -0.25) is 0 Å². The van der Waals surface area contributed by atoms with E-state index in [0.717, 1.165) is 31.2 Å². The second-order valence-electron chi connectivity index (χ2n) is 7.82. The zero-order valence-corrected chi connectivity index (χ0v) is 21.3. The van der Waals surface area contributed by atoms with Crippen LogP contribution in [0, 0.1) is 5.92 Å². The number of rotatable bonds is 12. The van der Waals surface area contributed by atoms with Gasteiger partial charge in [0.05, 0.1) is 12.6 Å². The molecule has 1 amide bonds.